The van der Waals surface area contributed by atoms with Crippen LogP contribution in [0.2, 0.25) is 18.1 Å². The van der Waals surface area contributed by atoms with Crippen molar-refractivity contribution in [3.05, 3.63) is 90.6 Å². The molecule has 0 bridgehead atoms. The standard InChI is InChI=1S/C28H30N2O2Si/c1-28(2,3)33(4,5)32-22-16-17-23(20-11-7-6-8-12-20)24(19-22)27(31)30-25-15-9-13-21-14-10-18-29-26(21)25/h6-19H,1-5H3,(H,30,31). The molecule has 168 valence electrons. The fraction of sp³-hybridized carbons (Fsp3) is 0.214. The largest absolute Gasteiger partial charge is 0.543 e. The zero-order valence-corrected chi connectivity index (χ0v) is 20.8. The number of anilines is 1. The number of hydrogen-bond acceptors (Lipinski definition) is 3. The molecule has 1 amide bonds. The second-order valence-electron chi connectivity index (χ2n) is 9.77. The average molecular weight is 455 g/mol. The normalized spacial score (nSPS) is 11.9. The number of aromatic nitrogens is 1. The van der Waals surface area contributed by atoms with Crippen molar-refractivity contribution in [3.8, 4) is 16.9 Å². The first-order valence-electron chi connectivity index (χ1n) is 11.2. The lowest BCUT2D eigenvalue weighted by Gasteiger charge is -2.36. The molecule has 0 aliphatic carbocycles. The molecule has 0 saturated heterocycles. The van der Waals surface area contributed by atoms with E-state index in [1.807, 2.05) is 78.9 Å². The number of carbonyl (C=O) groups is 1. The predicted molar refractivity (Wildman–Crippen MR) is 139 cm³/mol. The van der Waals surface area contributed by atoms with Crippen LogP contribution in [-0.4, -0.2) is 19.2 Å². The highest BCUT2D eigenvalue weighted by Crippen LogP contribution is 2.38. The van der Waals surface area contributed by atoms with E-state index in [1.54, 1.807) is 6.20 Å². The third-order valence-corrected chi connectivity index (χ3v) is 10.7. The maximum absolute atomic E-state index is 13.6. The Balaban J connectivity index is 1.76. The first-order valence-corrected chi connectivity index (χ1v) is 14.1. The second-order valence-corrected chi connectivity index (χ2v) is 14.5. The lowest BCUT2D eigenvalue weighted by atomic mass is 9.98. The Morgan fingerprint density at radius 2 is 1.64 bits per heavy atom. The zero-order valence-electron chi connectivity index (χ0n) is 19.8. The lowest BCUT2D eigenvalue weighted by molar-refractivity contribution is 0.102. The SMILES string of the molecule is CC(C)(C)[Si](C)(C)Oc1ccc(-c2ccccc2)c(C(=O)Nc2cccc3cccnc23)c1. The van der Waals surface area contributed by atoms with Crippen molar-refractivity contribution < 1.29 is 9.22 Å². The molecule has 1 heterocycles. The maximum atomic E-state index is 13.6. The molecular weight excluding hydrogens is 424 g/mol. The molecule has 0 aliphatic heterocycles. The Morgan fingerprint density at radius 1 is 0.909 bits per heavy atom. The van der Waals surface area contributed by atoms with Crippen LogP contribution in [0.3, 0.4) is 0 Å². The molecule has 4 nitrogen and oxygen atoms in total. The summed E-state index contributed by atoms with van der Waals surface area (Å²) in [6.45, 7) is 11.0. The van der Waals surface area contributed by atoms with E-state index in [9.17, 15) is 4.79 Å². The van der Waals surface area contributed by atoms with Gasteiger partial charge >= 0.3 is 0 Å². The Hall–Kier alpha value is -3.44. The minimum absolute atomic E-state index is 0.0577. The van der Waals surface area contributed by atoms with Gasteiger partial charge in [-0.1, -0.05) is 69.3 Å². The molecule has 5 heteroatoms. The van der Waals surface area contributed by atoms with Gasteiger partial charge in [0.05, 0.1) is 16.8 Å². The van der Waals surface area contributed by atoms with E-state index in [1.165, 1.54) is 0 Å². The van der Waals surface area contributed by atoms with Crippen LogP contribution >= 0.6 is 0 Å². The van der Waals surface area contributed by atoms with E-state index in [0.717, 1.165) is 27.8 Å². The van der Waals surface area contributed by atoms with Crippen molar-refractivity contribution in [2.75, 3.05) is 5.32 Å². The molecule has 0 aliphatic rings. The number of benzene rings is 3. The summed E-state index contributed by atoms with van der Waals surface area (Å²) in [5, 5.41) is 4.12. The van der Waals surface area contributed by atoms with Gasteiger partial charge < -0.3 is 9.74 Å². The van der Waals surface area contributed by atoms with Gasteiger partial charge in [-0.25, -0.2) is 0 Å². The van der Waals surface area contributed by atoms with Gasteiger partial charge in [0.15, 0.2) is 0 Å². The number of amides is 1. The number of fused-ring (bicyclic) bond motifs is 1. The van der Waals surface area contributed by atoms with E-state index < -0.39 is 8.32 Å². The Kier molecular flexibility index (Phi) is 6.08. The van der Waals surface area contributed by atoms with E-state index in [0.29, 0.717) is 11.3 Å². The van der Waals surface area contributed by atoms with Crippen molar-refractivity contribution in [2.45, 2.75) is 38.9 Å². The van der Waals surface area contributed by atoms with Crippen molar-refractivity contribution in [1.82, 2.24) is 4.98 Å². The van der Waals surface area contributed by atoms with Gasteiger partial charge in [-0.05, 0) is 59.6 Å². The van der Waals surface area contributed by atoms with Crippen molar-refractivity contribution in [1.29, 1.82) is 0 Å². The minimum Gasteiger partial charge on any atom is -0.543 e. The first kappa shape index (κ1) is 22.7. The monoisotopic (exact) mass is 454 g/mol. The smallest absolute Gasteiger partial charge is 0.256 e. The van der Waals surface area contributed by atoms with Crippen molar-refractivity contribution >= 4 is 30.8 Å². The van der Waals surface area contributed by atoms with Crippen LogP contribution in [0.25, 0.3) is 22.0 Å². The van der Waals surface area contributed by atoms with Crippen molar-refractivity contribution in [3.63, 3.8) is 0 Å². The van der Waals surface area contributed by atoms with E-state index in [-0.39, 0.29) is 10.9 Å². The minimum atomic E-state index is -2.05. The highest BCUT2D eigenvalue weighted by atomic mass is 28.4. The van der Waals surface area contributed by atoms with E-state index in [2.05, 4.69) is 44.2 Å². The molecule has 1 N–H and O–H groups in total. The van der Waals surface area contributed by atoms with Gasteiger partial charge in [0, 0.05) is 11.6 Å². The molecule has 0 fully saturated rings. The summed E-state index contributed by atoms with van der Waals surface area (Å²) in [6.07, 6.45) is 1.74. The highest BCUT2D eigenvalue weighted by molar-refractivity contribution is 6.74. The molecule has 0 unspecified atom stereocenters. The van der Waals surface area contributed by atoms with Crippen LogP contribution in [0.1, 0.15) is 31.1 Å². The van der Waals surface area contributed by atoms with Gasteiger partial charge in [-0.15, -0.1) is 0 Å². The third-order valence-electron chi connectivity index (χ3n) is 6.38. The molecule has 1 aromatic heterocycles. The molecule has 4 rings (SSSR count). The lowest BCUT2D eigenvalue weighted by Crippen LogP contribution is -2.43. The topological polar surface area (TPSA) is 51.2 Å². The maximum Gasteiger partial charge on any atom is 0.256 e. The summed E-state index contributed by atoms with van der Waals surface area (Å²) in [5.74, 6) is 0.537. The van der Waals surface area contributed by atoms with Crippen molar-refractivity contribution in [2.24, 2.45) is 0 Å². The fourth-order valence-electron chi connectivity index (χ4n) is 3.49. The Morgan fingerprint density at radius 3 is 2.36 bits per heavy atom. The first-order chi connectivity index (χ1) is 15.7. The summed E-state index contributed by atoms with van der Waals surface area (Å²) < 4.78 is 6.51. The predicted octanol–water partition coefficient (Wildman–Crippen LogP) is 7.54. The number of para-hydroxylation sites is 1. The van der Waals surface area contributed by atoms with E-state index >= 15 is 0 Å². The molecule has 0 spiro atoms. The Bertz CT molecular complexity index is 1290. The number of nitrogens with zero attached hydrogens (tertiary/aromatic N) is 1. The van der Waals surface area contributed by atoms with E-state index in [4.69, 9.17) is 4.43 Å². The summed E-state index contributed by atoms with van der Waals surface area (Å²) >= 11 is 0. The van der Waals surface area contributed by atoms with Crippen LogP contribution in [0.5, 0.6) is 5.75 Å². The van der Waals surface area contributed by atoms with Gasteiger partial charge in [0.25, 0.3) is 5.91 Å². The summed E-state index contributed by atoms with van der Waals surface area (Å²) in [4.78, 5) is 18.1. The zero-order chi connectivity index (χ0) is 23.6. The third kappa shape index (κ3) is 4.83. The highest BCUT2D eigenvalue weighted by Gasteiger charge is 2.39. The van der Waals surface area contributed by atoms with Crippen LogP contribution in [-0.2, 0) is 0 Å². The Labute approximate surface area is 196 Å². The molecule has 3 aromatic carbocycles. The summed E-state index contributed by atoms with van der Waals surface area (Å²) in [6, 6.07) is 25.5. The molecule has 0 radical (unpaired) electrons. The number of carbonyl (C=O) groups excluding carboxylic acids is 1. The fourth-order valence-corrected chi connectivity index (χ4v) is 4.51. The summed E-state index contributed by atoms with van der Waals surface area (Å²) in [7, 11) is -2.05. The molecule has 4 aromatic rings. The molecule has 0 saturated carbocycles. The van der Waals surface area contributed by atoms with Gasteiger partial charge in [0.2, 0.25) is 8.32 Å². The van der Waals surface area contributed by atoms with Crippen LogP contribution in [0.15, 0.2) is 85.1 Å². The molecule has 0 atom stereocenters. The summed E-state index contributed by atoms with van der Waals surface area (Å²) in [5.41, 5.74) is 3.88. The molecular formula is C28H30N2O2Si. The van der Waals surface area contributed by atoms with Crippen LogP contribution in [0.4, 0.5) is 5.69 Å². The number of hydrogen-bond donors (Lipinski definition) is 1. The van der Waals surface area contributed by atoms with Gasteiger partial charge in [-0.2, -0.15) is 0 Å². The quantitative estimate of drug-likeness (QED) is 0.317. The van der Waals surface area contributed by atoms with Crippen LogP contribution in [0, 0.1) is 0 Å². The van der Waals surface area contributed by atoms with Crippen LogP contribution < -0.4 is 9.74 Å². The number of pyridine rings is 1. The second kappa shape index (κ2) is 8.83. The van der Waals surface area contributed by atoms with Gasteiger partial charge in [-0.3, -0.25) is 9.78 Å². The average Bonchev–Trinajstić information content (AvgIpc) is 2.79. The molecule has 33 heavy (non-hydrogen) atoms. The van der Waals surface area contributed by atoms with Gasteiger partial charge in [0.1, 0.15) is 5.75 Å². The number of rotatable bonds is 5. The number of nitrogens with one attached hydrogen (secondary N) is 1.